The number of anilines is 1. The van der Waals surface area contributed by atoms with Crippen molar-refractivity contribution in [3.05, 3.63) is 28.8 Å². The third kappa shape index (κ3) is 5.02. The molecule has 0 aromatic heterocycles. The zero-order chi connectivity index (χ0) is 15.3. The number of carbonyl (C=O) groups excluding carboxylic acids is 1. The predicted molar refractivity (Wildman–Crippen MR) is 82.3 cm³/mol. The standard InChI is InChI=1S/C13H19ClN2O3S/c1-4-15-12-6-5-10(14)9-11(12)13(17)16(2)7-8-20(3,18)19/h5-6,9,15H,4,7-8H2,1-3H3. The fourth-order valence-corrected chi connectivity index (χ4v) is 2.43. The topological polar surface area (TPSA) is 66.5 Å². The van der Waals surface area contributed by atoms with E-state index in [1.54, 1.807) is 25.2 Å². The minimum Gasteiger partial charge on any atom is -0.385 e. The number of halogens is 1. The van der Waals surface area contributed by atoms with E-state index < -0.39 is 9.84 Å². The Kier molecular flexibility index (Phi) is 5.83. The highest BCUT2D eigenvalue weighted by Crippen LogP contribution is 2.22. The van der Waals surface area contributed by atoms with Crippen LogP contribution in [0.15, 0.2) is 18.2 Å². The number of nitrogens with zero attached hydrogens (tertiary/aromatic N) is 1. The number of nitrogens with one attached hydrogen (secondary N) is 1. The number of amides is 1. The second kappa shape index (κ2) is 6.95. The van der Waals surface area contributed by atoms with Gasteiger partial charge in [0.2, 0.25) is 0 Å². The van der Waals surface area contributed by atoms with Gasteiger partial charge >= 0.3 is 0 Å². The molecule has 0 bridgehead atoms. The molecule has 1 aromatic carbocycles. The molecule has 0 saturated carbocycles. The largest absolute Gasteiger partial charge is 0.385 e. The number of benzene rings is 1. The molecule has 0 radical (unpaired) electrons. The summed E-state index contributed by atoms with van der Waals surface area (Å²) in [4.78, 5) is 13.7. The van der Waals surface area contributed by atoms with Gasteiger partial charge in [0.1, 0.15) is 9.84 Å². The normalized spacial score (nSPS) is 11.2. The lowest BCUT2D eigenvalue weighted by atomic mass is 10.1. The molecule has 7 heteroatoms. The molecule has 1 N–H and O–H groups in total. The van der Waals surface area contributed by atoms with Gasteiger partial charge in [-0.1, -0.05) is 11.6 Å². The van der Waals surface area contributed by atoms with Gasteiger partial charge in [0.15, 0.2) is 0 Å². The summed E-state index contributed by atoms with van der Waals surface area (Å²) in [7, 11) is -1.53. The second-order valence-electron chi connectivity index (χ2n) is 4.58. The SMILES string of the molecule is CCNc1ccc(Cl)cc1C(=O)N(C)CCS(C)(=O)=O. The van der Waals surface area contributed by atoms with Gasteiger partial charge in [0.05, 0.1) is 11.3 Å². The maximum atomic E-state index is 12.3. The maximum Gasteiger partial charge on any atom is 0.255 e. The van der Waals surface area contributed by atoms with Gasteiger partial charge in [-0.2, -0.15) is 0 Å². The summed E-state index contributed by atoms with van der Waals surface area (Å²) in [5.74, 6) is -0.320. The van der Waals surface area contributed by atoms with Crippen molar-refractivity contribution in [1.82, 2.24) is 4.90 Å². The van der Waals surface area contributed by atoms with Crippen molar-refractivity contribution in [1.29, 1.82) is 0 Å². The Balaban J connectivity index is 2.92. The Bertz CT molecular complexity index is 587. The first-order valence-corrected chi connectivity index (χ1v) is 8.65. The van der Waals surface area contributed by atoms with Crippen LogP contribution in [0.2, 0.25) is 5.02 Å². The summed E-state index contributed by atoms with van der Waals surface area (Å²) in [5, 5.41) is 3.55. The lowest BCUT2D eigenvalue weighted by Crippen LogP contribution is -2.32. The van der Waals surface area contributed by atoms with Gasteiger partial charge in [-0.05, 0) is 25.1 Å². The van der Waals surface area contributed by atoms with Crippen LogP contribution in [0, 0.1) is 0 Å². The Morgan fingerprint density at radius 3 is 2.60 bits per heavy atom. The van der Waals surface area contributed by atoms with E-state index >= 15 is 0 Å². The van der Waals surface area contributed by atoms with Crippen molar-refractivity contribution in [3.8, 4) is 0 Å². The molecule has 0 saturated heterocycles. The molecule has 20 heavy (non-hydrogen) atoms. The number of hydrogen-bond acceptors (Lipinski definition) is 4. The van der Waals surface area contributed by atoms with Crippen LogP contribution in [-0.2, 0) is 9.84 Å². The van der Waals surface area contributed by atoms with Crippen molar-refractivity contribution in [3.63, 3.8) is 0 Å². The third-order valence-corrected chi connectivity index (χ3v) is 3.88. The van der Waals surface area contributed by atoms with Gasteiger partial charge < -0.3 is 10.2 Å². The van der Waals surface area contributed by atoms with Gasteiger partial charge in [0.25, 0.3) is 5.91 Å². The highest BCUT2D eigenvalue weighted by Gasteiger charge is 2.17. The molecular weight excluding hydrogens is 300 g/mol. The molecule has 0 aliphatic heterocycles. The summed E-state index contributed by atoms with van der Waals surface area (Å²) >= 11 is 5.92. The van der Waals surface area contributed by atoms with Crippen molar-refractivity contribution in [2.75, 3.05) is 37.5 Å². The maximum absolute atomic E-state index is 12.3. The van der Waals surface area contributed by atoms with Crippen LogP contribution in [0.1, 0.15) is 17.3 Å². The predicted octanol–water partition coefficient (Wildman–Crippen LogP) is 1.89. The minimum atomic E-state index is -3.10. The van der Waals surface area contributed by atoms with E-state index in [1.807, 2.05) is 6.92 Å². The molecule has 1 aromatic rings. The van der Waals surface area contributed by atoms with Crippen LogP contribution in [-0.4, -0.2) is 51.4 Å². The molecule has 0 aliphatic rings. The quantitative estimate of drug-likeness (QED) is 0.870. The summed E-state index contributed by atoms with van der Waals surface area (Å²) in [5.41, 5.74) is 1.13. The Labute approximate surface area is 124 Å². The summed E-state index contributed by atoms with van der Waals surface area (Å²) in [6.07, 6.45) is 1.15. The molecule has 112 valence electrons. The van der Waals surface area contributed by atoms with Crippen LogP contribution < -0.4 is 5.32 Å². The smallest absolute Gasteiger partial charge is 0.255 e. The fraction of sp³-hybridized carbons (Fsp3) is 0.462. The van der Waals surface area contributed by atoms with Gasteiger partial charge in [-0.25, -0.2) is 8.42 Å². The van der Waals surface area contributed by atoms with E-state index in [4.69, 9.17) is 11.6 Å². The van der Waals surface area contributed by atoms with E-state index in [-0.39, 0.29) is 18.2 Å². The van der Waals surface area contributed by atoms with Crippen LogP contribution in [0.25, 0.3) is 0 Å². The molecule has 0 heterocycles. The van der Waals surface area contributed by atoms with Crippen LogP contribution in [0.4, 0.5) is 5.69 Å². The highest BCUT2D eigenvalue weighted by molar-refractivity contribution is 7.90. The molecule has 0 unspecified atom stereocenters. The van der Waals surface area contributed by atoms with E-state index in [0.29, 0.717) is 22.8 Å². The Morgan fingerprint density at radius 2 is 2.05 bits per heavy atom. The van der Waals surface area contributed by atoms with Crippen molar-refractivity contribution in [2.45, 2.75) is 6.92 Å². The zero-order valence-electron chi connectivity index (χ0n) is 11.8. The first-order chi connectivity index (χ1) is 9.24. The minimum absolute atomic E-state index is 0.0631. The Hall–Kier alpha value is -1.27. The number of hydrogen-bond donors (Lipinski definition) is 1. The third-order valence-electron chi connectivity index (χ3n) is 2.72. The number of carbonyl (C=O) groups is 1. The summed E-state index contributed by atoms with van der Waals surface area (Å²) in [6, 6.07) is 5.02. The first kappa shape index (κ1) is 16.8. The van der Waals surface area contributed by atoms with E-state index in [9.17, 15) is 13.2 Å². The summed E-state index contributed by atoms with van der Waals surface area (Å²) < 4.78 is 22.3. The van der Waals surface area contributed by atoms with Gasteiger partial charge in [0, 0.05) is 37.1 Å². The van der Waals surface area contributed by atoms with Crippen LogP contribution in [0.5, 0.6) is 0 Å². The van der Waals surface area contributed by atoms with Crippen LogP contribution in [0.3, 0.4) is 0 Å². The van der Waals surface area contributed by atoms with Gasteiger partial charge in [-0.15, -0.1) is 0 Å². The molecule has 0 atom stereocenters. The van der Waals surface area contributed by atoms with Crippen molar-refractivity contribution >= 4 is 33.0 Å². The molecular formula is C13H19ClN2O3S. The van der Waals surface area contributed by atoms with Crippen molar-refractivity contribution < 1.29 is 13.2 Å². The summed E-state index contributed by atoms with van der Waals surface area (Å²) in [6.45, 7) is 2.75. The molecule has 0 fully saturated rings. The van der Waals surface area contributed by atoms with E-state index in [0.717, 1.165) is 6.26 Å². The van der Waals surface area contributed by atoms with Crippen molar-refractivity contribution in [2.24, 2.45) is 0 Å². The first-order valence-electron chi connectivity index (χ1n) is 6.21. The average molecular weight is 319 g/mol. The van der Waals surface area contributed by atoms with Crippen LogP contribution >= 0.6 is 11.6 Å². The molecule has 1 rings (SSSR count). The fourth-order valence-electron chi connectivity index (χ4n) is 1.65. The molecule has 1 amide bonds. The second-order valence-corrected chi connectivity index (χ2v) is 7.27. The zero-order valence-corrected chi connectivity index (χ0v) is 13.4. The monoisotopic (exact) mass is 318 g/mol. The van der Waals surface area contributed by atoms with E-state index in [2.05, 4.69) is 5.32 Å². The number of rotatable bonds is 6. The lowest BCUT2D eigenvalue weighted by Gasteiger charge is -2.19. The molecule has 5 nitrogen and oxygen atoms in total. The highest BCUT2D eigenvalue weighted by atomic mass is 35.5. The lowest BCUT2D eigenvalue weighted by molar-refractivity contribution is 0.0804. The molecule has 0 spiro atoms. The van der Waals surface area contributed by atoms with E-state index in [1.165, 1.54) is 4.90 Å². The van der Waals surface area contributed by atoms with Gasteiger partial charge in [-0.3, -0.25) is 4.79 Å². The average Bonchev–Trinajstić information content (AvgIpc) is 2.36. The number of sulfone groups is 1. The molecule has 0 aliphatic carbocycles. The Morgan fingerprint density at radius 1 is 1.40 bits per heavy atom.